The number of hydroxylamine groups is 1. The Bertz CT molecular complexity index is 851. The average molecular weight is 424 g/mol. The summed E-state index contributed by atoms with van der Waals surface area (Å²) in [5, 5.41) is 8.63. The predicted molar refractivity (Wildman–Crippen MR) is 113 cm³/mol. The lowest BCUT2D eigenvalue weighted by Crippen LogP contribution is -2.55. The van der Waals surface area contributed by atoms with Crippen molar-refractivity contribution in [3.05, 3.63) is 35.9 Å². The van der Waals surface area contributed by atoms with Gasteiger partial charge in [-0.25, -0.2) is 9.69 Å². The third kappa shape index (κ3) is 5.43. The number of carbonyl (C=O) groups excluding carboxylic acids is 2. The van der Waals surface area contributed by atoms with Crippen LogP contribution in [0.1, 0.15) is 24.8 Å². The van der Waals surface area contributed by atoms with Crippen molar-refractivity contribution in [1.29, 1.82) is 0 Å². The minimum atomic E-state index is -3.83. The quantitative estimate of drug-likeness (QED) is 0.374. The molecule has 2 amide bonds. The Morgan fingerprint density at radius 3 is 2.38 bits per heavy atom. The van der Waals surface area contributed by atoms with E-state index in [0.717, 1.165) is 17.7 Å². The van der Waals surface area contributed by atoms with Crippen molar-refractivity contribution in [2.24, 2.45) is 0 Å². The van der Waals surface area contributed by atoms with E-state index in [4.69, 9.17) is 5.21 Å². The van der Waals surface area contributed by atoms with E-state index in [9.17, 15) is 18.4 Å². The number of hydrogen-bond acceptors (Lipinski definition) is 5. The number of piperazine rings is 1. The van der Waals surface area contributed by atoms with Gasteiger partial charge in [0.2, 0.25) is 5.91 Å². The highest BCUT2D eigenvalue weighted by molar-refractivity contribution is 8.15. The van der Waals surface area contributed by atoms with Gasteiger partial charge in [-0.1, -0.05) is 24.6 Å². The molecule has 0 radical (unpaired) electrons. The van der Waals surface area contributed by atoms with Crippen LogP contribution in [0.5, 0.6) is 0 Å². The van der Waals surface area contributed by atoms with Crippen LogP contribution in [-0.2, 0) is 18.9 Å². The topological polar surface area (TPSA) is 110 Å². The molecule has 1 aromatic rings. The van der Waals surface area contributed by atoms with Crippen molar-refractivity contribution in [2.45, 2.75) is 19.3 Å². The van der Waals surface area contributed by atoms with Crippen LogP contribution < -0.4 is 10.4 Å². The SMILES string of the molecule is O=C(/C=C/c1ccccc1N1CCN(C(=O)CS2(=O)(O)CCCCC2)CC1)NO. The second-order valence-corrected chi connectivity index (χ2v) is 11.7. The van der Waals surface area contributed by atoms with Crippen molar-refractivity contribution in [3.8, 4) is 0 Å². The summed E-state index contributed by atoms with van der Waals surface area (Å²) in [7, 11) is -3.83. The summed E-state index contributed by atoms with van der Waals surface area (Å²) in [5.41, 5.74) is 3.33. The Labute approximate surface area is 170 Å². The number of anilines is 1. The summed E-state index contributed by atoms with van der Waals surface area (Å²) in [5.74, 6) is -0.620. The Hall–Kier alpha value is -2.23. The van der Waals surface area contributed by atoms with E-state index >= 15 is 0 Å². The third-order valence-electron chi connectivity index (χ3n) is 5.60. The first-order chi connectivity index (χ1) is 13.8. The molecule has 0 spiro atoms. The summed E-state index contributed by atoms with van der Waals surface area (Å²) >= 11 is 0. The van der Waals surface area contributed by atoms with Gasteiger partial charge < -0.3 is 14.4 Å². The number of para-hydroxylation sites is 1. The van der Waals surface area contributed by atoms with Gasteiger partial charge in [-0.05, 0) is 30.5 Å². The molecule has 29 heavy (non-hydrogen) atoms. The number of rotatable bonds is 5. The molecule has 3 rings (SSSR count). The van der Waals surface area contributed by atoms with Crippen LogP contribution in [0.25, 0.3) is 6.08 Å². The normalized spacial score (nSPS) is 22.6. The fourth-order valence-electron chi connectivity index (χ4n) is 3.97. The zero-order chi connectivity index (χ0) is 20.9. The lowest BCUT2D eigenvalue weighted by Gasteiger charge is -2.46. The highest BCUT2D eigenvalue weighted by Crippen LogP contribution is 2.31. The predicted octanol–water partition coefficient (Wildman–Crippen LogP) is 1.33. The molecule has 2 heterocycles. The number of carbonyl (C=O) groups is 2. The average Bonchev–Trinajstić information content (AvgIpc) is 2.72. The van der Waals surface area contributed by atoms with E-state index in [2.05, 4.69) is 4.90 Å². The first kappa shape index (κ1) is 21.5. The van der Waals surface area contributed by atoms with E-state index in [1.165, 1.54) is 6.08 Å². The Morgan fingerprint density at radius 2 is 1.72 bits per heavy atom. The molecule has 0 bridgehead atoms. The summed E-state index contributed by atoms with van der Waals surface area (Å²) < 4.78 is 23.6. The molecule has 0 atom stereocenters. The molecule has 160 valence electrons. The van der Waals surface area contributed by atoms with Gasteiger partial charge in [0.25, 0.3) is 5.91 Å². The van der Waals surface area contributed by atoms with Crippen LogP contribution in [0.15, 0.2) is 30.3 Å². The van der Waals surface area contributed by atoms with Gasteiger partial charge in [-0.2, -0.15) is 9.35 Å². The number of nitrogens with one attached hydrogen (secondary N) is 1. The zero-order valence-corrected chi connectivity index (χ0v) is 17.3. The van der Waals surface area contributed by atoms with Crippen molar-refractivity contribution < 1.29 is 23.6 Å². The molecule has 3 N–H and O–H groups in total. The Balaban J connectivity index is 1.62. The maximum Gasteiger partial charge on any atom is 0.267 e. The Morgan fingerprint density at radius 1 is 1.07 bits per heavy atom. The molecule has 9 heteroatoms. The molecule has 2 saturated heterocycles. The second-order valence-electron chi connectivity index (χ2n) is 7.78. The van der Waals surface area contributed by atoms with Gasteiger partial charge in [0.05, 0.1) is 0 Å². The molecule has 1 aromatic carbocycles. The van der Waals surface area contributed by atoms with Gasteiger partial charge in [0, 0.05) is 49.4 Å². The van der Waals surface area contributed by atoms with Gasteiger partial charge in [-0.15, -0.1) is 0 Å². The summed E-state index contributed by atoms with van der Waals surface area (Å²) in [6.45, 7) is 2.16. The molecule has 2 aliphatic heterocycles. The summed E-state index contributed by atoms with van der Waals surface area (Å²) in [4.78, 5) is 27.8. The maximum absolute atomic E-state index is 13.0. The lowest BCUT2D eigenvalue weighted by atomic mass is 10.1. The van der Waals surface area contributed by atoms with Crippen LogP contribution >= 0.6 is 0 Å². The van der Waals surface area contributed by atoms with Crippen LogP contribution in [0.4, 0.5) is 5.69 Å². The molecule has 0 unspecified atom stereocenters. The molecule has 0 aliphatic carbocycles. The van der Waals surface area contributed by atoms with E-state index in [1.807, 2.05) is 24.3 Å². The van der Waals surface area contributed by atoms with Crippen molar-refractivity contribution in [2.75, 3.05) is 48.3 Å². The first-order valence-corrected chi connectivity index (χ1v) is 12.3. The number of hydrogen-bond donors (Lipinski definition) is 3. The van der Waals surface area contributed by atoms with E-state index in [0.29, 0.717) is 39.0 Å². The van der Waals surface area contributed by atoms with E-state index < -0.39 is 15.3 Å². The molecule has 8 nitrogen and oxygen atoms in total. The van der Waals surface area contributed by atoms with Gasteiger partial charge >= 0.3 is 0 Å². The smallest absolute Gasteiger partial charge is 0.267 e. The van der Waals surface area contributed by atoms with Gasteiger partial charge in [-0.3, -0.25) is 14.8 Å². The summed E-state index contributed by atoms with van der Waals surface area (Å²) in [6, 6.07) is 7.58. The minimum absolute atomic E-state index is 0.237. The standard InChI is InChI=1S/C20H29N3O5S/c24-19(21-26)9-8-17-6-2-3-7-18(17)22-10-12-23(13-11-22)20(25)16-29(27,28)14-4-1-5-15-29/h2-3,6-9,26H,1,4-5,10-16H2,(H,21,24)(H,27,28)/b9-8+. The molecule has 0 saturated carbocycles. The molecular formula is C20H29N3O5S. The first-order valence-electron chi connectivity index (χ1n) is 9.90. The van der Waals surface area contributed by atoms with Crippen LogP contribution in [0, 0.1) is 0 Å². The fraction of sp³-hybridized carbons (Fsp3) is 0.500. The molecule has 2 aliphatic rings. The largest absolute Gasteiger partial charge is 0.367 e. The number of amides is 2. The third-order valence-corrected chi connectivity index (χ3v) is 8.93. The number of nitrogens with zero attached hydrogens (tertiary/aromatic N) is 2. The van der Waals surface area contributed by atoms with Crippen molar-refractivity contribution in [3.63, 3.8) is 0 Å². The van der Waals surface area contributed by atoms with Crippen molar-refractivity contribution >= 4 is 32.9 Å². The maximum atomic E-state index is 13.0. The van der Waals surface area contributed by atoms with Crippen LogP contribution in [0.2, 0.25) is 0 Å². The highest BCUT2D eigenvalue weighted by Gasteiger charge is 2.35. The second kappa shape index (κ2) is 8.64. The zero-order valence-electron chi connectivity index (χ0n) is 16.5. The molecular weight excluding hydrogens is 394 g/mol. The molecule has 2 fully saturated rings. The highest BCUT2D eigenvalue weighted by atomic mass is 32.3. The lowest BCUT2D eigenvalue weighted by molar-refractivity contribution is -0.128. The molecule has 0 aromatic heterocycles. The minimum Gasteiger partial charge on any atom is -0.367 e. The summed E-state index contributed by atoms with van der Waals surface area (Å²) in [6.07, 6.45) is 5.25. The Kier molecular flexibility index (Phi) is 6.40. The monoisotopic (exact) mass is 423 g/mol. The van der Waals surface area contributed by atoms with Gasteiger partial charge in [0.1, 0.15) is 5.75 Å². The number of benzene rings is 1. The van der Waals surface area contributed by atoms with Crippen LogP contribution in [0.3, 0.4) is 0 Å². The van der Waals surface area contributed by atoms with E-state index in [-0.39, 0.29) is 23.2 Å². The van der Waals surface area contributed by atoms with Crippen molar-refractivity contribution in [1.82, 2.24) is 10.4 Å². The van der Waals surface area contributed by atoms with Crippen LogP contribution in [-0.4, -0.2) is 74.1 Å². The van der Waals surface area contributed by atoms with E-state index in [1.54, 1.807) is 16.5 Å². The van der Waals surface area contributed by atoms with Gasteiger partial charge in [0.15, 0.2) is 0 Å². The fourth-order valence-corrected chi connectivity index (χ4v) is 6.92.